The summed E-state index contributed by atoms with van der Waals surface area (Å²) in [6.07, 6.45) is 1.88. The Morgan fingerprint density at radius 3 is 2.62 bits per heavy atom. The molecule has 7 nitrogen and oxygen atoms in total. The van der Waals surface area contributed by atoms with Gasteiger partial charge in [0.25, 0.3) is 5.91 Å². The first-order chi connectivity index (χ1) is 9.77. The maximum absolute atomic E-state index is 11.9. The molecule has 1 fully saturated rings. The largest absolute Gasteiger partial charge is 0.477 e. The molecule has 1 aliphatic heterocycles. The van der Waals surface area contributed by atoms with Gasteiger partial charge in [0.1, 0.15) is 4.88 Å². The van der Waals surface area contributed by atoms with Gasteiger partial charge in [-0.1, -0.05) is 0 Å². The molecule has 0 bridgehead atoms. The van der Waals surface area contributed by atoms with Crippen molar-refractivity contribution in [1.29, 1.82) is 0 Å². The fraction of sp³-hybridized carbons (Fsp3) is 0.500. The summed E-state index contributed by atoms with van der Waals surface area (Å²) in [4.78, 5) is 23.1. The van der Waals surface area contributed by atoms with E-state index in [2.05, 4.69) is 5.32 Å². The van der Waals surface area contributed by atoms with Crippen LogP contribution in [0.15, 0.2) is 12.1 Å². The van der Waals surface area contributed by atoms with Crippen molar-refractivity contribution in [2.75, 3.05) is 25.9 Å². The number of amides is 1. The summed E-state index contributed by atoms with van der Waals surface area (Å²) in [6.45, 7) is 1.26. The van der Waals surface area contributed by atoms with Crippen molar-refractivity contribution in [3.63, 3.8) is 0 Å². The van der Waals surface area contributed by atoms with Gasteiger partial charge in [0.2, 0.25) is 10.0 Å². The van der Waals surface area contributed by atoms with Crippen molar-refractivity contribution in [3.8, 4) is 0 Å². The molecule has 0 spiro atoms. The van der Waals surface area contributed by atoms with E-state index in [1.807, 2.05) is 0 Å². The standard InChI is InChI=1S/C12H16N2O5S2/c1-21(18,19)14-5-4-8(7-14)6-13-11(15)9-2-3-10(20-9)12(16)17/h2-3,8H,4-7H2,1H3,(H,13,15)(H,16,17). The Balaban J connectivity index is 1.86. The molecule has 1 unspecified atom stereocenters. The Morgan fingerprint density at radius 1 is 1.43 bits per heavy atom. The zero-order chi connectivity index (χ0) is 15.6. The minimum atomic E-state index is -3.17. The molecule has 1 amide bonds. The number of sulfonamides is 1. The molecule has 0 aromatic carbocycles. The summed E-state index contributed by atoms with van der Waals surface area (Å²) >= 11 is 0.918. The van der Waals surface area contributed by atoms with E-state index in [0.29, 0.717) is 30.9 Å². The number of carboxylic acid groups (broad SMARTS) is 1. The lowest BCUT2D eigenvalue weighted by atomic mass is 10.1. The van der Waals surface area contributed by atoms with E-state index in [9.17, 15) is 18.0 Å². The van der Waals surface area contributed by atoms with Crippen LogP contribution < -0.4 is 5.32 Å². The van der Waals surface area contributed by atoms with Gasteiger partial charge in [-0.2, -0.15) is 0 Å². The molecule has 1 saturated heterocycles. The lowest BCUT2D eigenvalue weighted by molar-refractivity contribution is 0.0702. The Labute approximate surface area is 126 Å². The highest BCUT2D eigenvalue weighted by Gasteiger charge is 2.28. The van der Waals surface area contributed by atoms with E-state index in [-0.39, 0.29) is 16.7 Å². The summed E-state index contributed by atoms with van der Waals surface area (Å²) < 4.78 is 24.2. The first-order valence-corrected chi connectivity index (χ1v) is 9.00. The number of carbonyl (C=O) groups excluding carboxylic acids is 1. The Kier molecular flexibility index (Phi) is 4.64. The number of aromatic carboxylic acids is 1. The van der Waals surface area contributed by atoms with Gasteiger partial charge in [0.15, 0.2) is 0 Å². The fourth-order valence-corrected chi connectivity index (χ4v) is 3.84. The number of rotatable bonds is 5. The Bertz CT molecular complexity index is 652. The van der Waals surface area contributed by atoms with Crippen LogP contribution in [0.3, 0.4) is 0 Å². The van der Waals surface area contributed by atoms with Crippen LogP contribution in [0.4, 0.5) is 0 Å². The second kappa shape index (κ2) is 6.12. The molecule has 2 heterocycles. The Morgan fingerprint density at radius 2 is 2.10 bits per heavy atom. The molecule has 1 aromatic rings. The molecule has 1 aromatic heterocycles. The molecular weight excluding hydrogens is 316 g/mol. The van der Waals surface area contributed by atoms with E-state index in [4.69, 9.17) is 5.11 Å². The third-order valence-corrected chi connectivity index (χ3v) is 5.65. The molecule has 1 atom stereocenters. The van der Waals surface area contributed by atoms with Gasteiger partial charge >= 0.3 is 5.97 Å². The average Bonchev–Trinajstić information content (AvgIpc) is 3.04. The molecule has 1 aliphatic rings. The van der Waals surface area contributed by atoms with Gasteiger partial charge < -0.3 is 10.4 Å². The number of thiophene rings is 1. The highest BCUT2D eigenvalue weighted by molar-refractivity contribution is 7.88. The fourth-order valence-electron chi connectivity index (χ4n) is 2.16. The average molecular weight is 332 g/mol. The SMILES string of the molecule is CS(=O)(=O)N1CCC(CNC(=O)c2ccc(C(=O)O)s2)C1. The Hall–Kier alpha value is -1.45. The second-order valence-corrected chi connectivity index (χ2v) is 8.02. The number of hydrogen-bond acceptors (Lipinski definition) is 5. The molecule has 0 aliphatic carbocycles. The summed E-state index contributed by atoms with van der Waals surface area (Å²) in [5.74, 6) is -1.30. The van der Waals surface area contributed by atoms with Crippen molar-refractivity contribution in [1.82, 2.24) is 9.62 Å². The first-order valence-electron chi connectivity index (χ1n) is 6.34. The maximum Gasteiger partial charge on any atom is 0.345 e. The molecular formula is C12H16N2O5S2. The minimum Gasteiger partial charge on any atom is -0.477 e. The predicted molar refractivity (Wildman–Crippen MR) is 78.1 cm³/mol. The number of carboxylic acids is 1. The topological polar surface area (TPSA) is 104 Å². The van der Waals surface area contributed by atoms with Gasteiger partial charge in [-0.05, 0) is 24.5 Å². The van der Waals surface area contributed by atoms with Crippen molar-refractivity contribution < 1.29 is 23.1 Å². The summed E-state index contributed by atoms with van der Waals surface area (Å²) in [5, 5.41) is 11.5. The molecule has 2 rings (SSSR count). The predicted octanol–water partition coefficient (Wildman–Crippen LogP) is 0.458. The van der Waals surface area contributed by atoms with Gasteiger partial charge in [0.05, 0.1) is 11.1 Å². The third kappa shape index (κ3) is 4.02. The minimum absolute atomic E-state index is 0.0857. The molecule has 21 heavy (non-hydrogen) atoms. The molecule has 0 radical (unpaired) electrons. The van der Waals surface area contributed by atoms with Gasteiger partial charge in [-0.15, -0.1) is 11.3 Å². The van der Waals surface area contributed by atoms with Crippen LogP contribution in [0, 0.1) is 5.92 Å². The number of carbonyl (C=O) groups is 2. The molecule has 2 N–H and O–H groups in total. The van der Waals surface area contributed by atoms with Crippen LogP contribution in [0.2, 0.25) is 0 Å². The van der Waals surface area contributed by atoms with Crippen molar-refractivity contribution in [3.05, 3.63) is 21.9 Å². The zero-order valence-corrected chi connectivity index (χ0v) is 13.0. The monoisotopic (exact) mass is 332 g/mol. The van der Waals surface area contributed by atoms with E-state index in [1.165, 1.54) is 22.7 Å². The van der Waals surface area contributed by atoms with Crippen LogP contribution in [0.5, 0.6) is 0 Å². The highest BCUT2D eigenvalue weighted by atomic mass is 32.2. The van der Waals surface area contributed by atoms with Crippen molar-refractivity contribution in [2.24, 2.45) is 5.92 Å². The highest BCUT2D eigenvalue weighted by Crippen LogP contribution is 2.19. The van der Waals surface area contributed by atoms with Crippen LogP contribution in [-0.2, 0) is 10.0 Å². The lowest BCUT2D eigenvalue weighted by Crippen LogP contribution is -2.32. The lowest BCUT2D eigenvalue weighted by Gasteiger charge is -2.13. The van der Waals surface area contributed by atoms with Crippen LogP contribution in [0.25, 0.3) is 0 Å². The summed E-state index contributed by atoms with van der Waals surface area (Å²) in [7, 11) is -3.17. The second-order valence-electron chi connectivity index (χ2n) is 4.95. The summed E-state index contributed by atoms with van der Waals surface area (Å²) in [5.41, 5.74) is 0. The van der Waals surface area contributed by atoms with Gasteiger partial charge in [-0.3, -0.25) is 4.79 Å². The zero-order valence-electron chi connectivity index (χ0n) is 11.4. The van der Waals surface area contributed by atoms with E-state index in [1.54, 1.807) is 0 Å². The number of hydrogen-bond donors (Lipinski definition) is 2. The van der Waals surface area contributed by atoms with Crippen molar-refractivity contribution in [2.45, 2.75) is 6.42 Å². The summed E-state index contributed by atoms with van der Waals surface area (Å²) in [6, 6.07) is 2.86. The first kappa shape index (κ1) is 15.9. The molecule has 0 saturated carbocycles. The maximum atomic E-state index is 11.9. The van der Waals surface area contributed by atoms with Crippen LogP contribution in [0.1, 0.15) is 25.8 Å². The van der Waals surface area contributed by atoms with E-state index < -0.39 is 16.0 Å². The number of nitrogens with zero attached hydrogens (tertiary/aromatic N) is 1. The molecule has 9 heteroatoms. The third-order valence-electron chi connectivity index (χ3n) is 3.31. The van der Waals surface area contributed by atoms with Crippen LogP contribution >= 0.6 is 11.3 Å². The van der Waals surface area contributed by atoms with E-state index >= 15 is 0 Å². The van der Waals surface area contributed by atoms with E-state index in [0.717, 1.165) is 11.3 Å². The smallest absolute Gasteiger partial charge is 0.345 e. The number of nitrogens with one attached hydrogen (secondary N) is 1. The van der Waals surface area contributed by atoms with Crippen molar-refractivity contribution >= 4 is 33.2 Å². The van der Waals surface area contributed by atoms with Crippen LogP contribution in [-0.4, -0.2) is 55.6 Å². The molecule has 116 valence electrons. The quantitative estimate of drug-likeness (QED) is 0.815. The van der Waals surface area contributed by atoms with Gasteiger partial charge in [0, 0.05) is 19.6 Å². The normalized spacial score (nSPS) is 19.6. The van der Waals surface area contributed by atoms with Gasteiger partial charge in [-0.25, -0.2) is 17.5 Å².